The summed E-state index contributed by atoms with van der Waals surface area (Å²) in [4.78, 5) is 34.9. The molecule has 0 radical (unpaired) electrons. The molecule has 5 rings (SSSR count). The van der Waals surface area contributed by atoms with Crippen molar-refractivity contribution in [2.45, 2.75) is 57.5 Å². The van der Waals surface area contributed by atoms with E-state index in [1.54, 1.807) is 0 Å². The molecule has 6 heteroatoms. The molecule has 1 aromatic heterocycles. The highest BCUT2D eigenvalue weighted by atomic mass is 16.2. The molecule has 0 bridgehead atoms. The molecule has 3 aliphatic rings. The van der Waals surface area contributed by atoms with Crippen molar-refractivity contribution < 1.29 is 4.79 Å². The molecule has 2 saturated heterocycles. The summed E-state index contributed by atoms with van der Waals surface area (Å²) in [5, 5.41) is 0.723. The first-order valence-electron chi connectivity index (χ1n) is 11.2. The molecule has 1 amide bonds. The van der Waals surface area contributed by atoms with Crippen LogP contribution >= 0.6 is 0 Å². The third-order valence-electron chi connectivity index (χ3n) is 6.77. The van der Waals surface area contributed by atoms with Gasteiger partial charge in [-0.05, 0) is 63.1 Å². The maximum Gasteiger partial charge on any atom is 0.261 e. The van der Waals surface area contributed by atoms with E-state index in [1.807, 2.05) is 33.7 Å². The van der Waals surface area contributed by atoms with Crippen molar-refractivity contribution in [3.05, 3.63) is 40.4 Å². The zero-order valence-corrected chi connectivity index (χ0v) is 17.1. The van der Waals surface area contributed by atoms with Crippen LogP contribution in [0, 0.1) is 5.92 Å². The number of para-hydroxylation sites is 1. The quantitative estimate of drug-likeness (QED) is 0.756. The number of carbonyl (C=O) groups excluding carboxylic acids is 1. The van der Waals surface area contributed by atoms with Gasteiger partial charge in [0.05, 0.1) is 16.9 Å². The maximum absolute atomic E-state index is 13.3. The number of aromatic nitrogens is 2. The van der Waals surface area contributed by atoms with Crippen LogP contribution < -0.4 is 5.56 Å². The second-order valence-electron chi connectivity index (χ2n) is 8.88. The van der Waals surface area contributed by atoms with Crippen LogP contribution in [0.5, 0.6) is 0 Å². The van der Waals surface area contributed by atoms with Crippen molar-refractivity contribution in [1.29, 1.82) is 0 Å². The Balaban J connectivity index is 1.43. The zero-order chi connectivity index (χ0) is 19.8. The van der Waals surface area contributed by atoms with Gasteiger partial charge in [0.25, 0.3) is 5.56 Å². The Labute approximate surface area is 171 Å². The number of fused-ring (bicyclic) bond motifs is 1. The lowest BCUT2D eigenvalue weighted by molar-refractivity contribution is -0.133. The van der Waals surface area contributed by atoms with E-state index in [0.717, 1.165) is 75.1 Å². The second-order valence-corrected chi connectivity index (χ2v) is 8.88. The number of likely N-dealkylation sites (tertiary alicyclic amines) is 2. The van der Waals surface area contributed by atoms with Gasteiger partial charge in [0.2, 0.25) is 5.91 Å². The molecule has 6 nitrogen and oxygen atoms in total. The Morgan fingerprint density at radius 2 is 1.83 bits per heavy atom. The van der Waals surface area contributed by atoms with Crippen LogP contribution in [0.1, 0.15) is 56.8 Å². The summed E-state index contributed by atoms with van der Waals surface area (Å²) in [6.45, 7) is 4.34. The number of benzene rings is 1. The van der Waals surface area contributed by atoms with Crippen molar-refractivity contribution >= 4 is 16.8 Å². The molecule has 3 heterocycles. The highest BCUT2D eigenvalue weighted by Crippen LogP contribution is 2.34. The van der Waals surface area contributed by atoms with Crippen LogP contribution in [-0.4, -0.2) is 51.4 Å². The van der Waals surface area contributed by atoms with Gasteiger partial charge in [-0.3, -0.25) is 19.1 Å². The van der Waals surface area contributed by atoms with Gasteiger partial charge in [-0.2, -0.15) is 0 Å². The molecule has 1 unspecified atom stereocenters. The average molecular weight is 395 g/mol. The minimum atomic E-state index is 0.107. The Hall–Kier alpha value is -2.21. The SMILES string of the molecule is O=C1CCCCN1CCN1CCCC1c1nc2ccccc2c(=O)n1CC1CC1. The Morgan fingerprint density at radius 1 is 0.966 bits per heavy atom. The van der Waals surface area contributed by atoms with Gasteiger partial charge >= 0.3 is 0 Å². The Kier molecular flexibility index (Phi) is 5.12. The standard InChI is InChI=1S/C23H30N4O2/c28-21-9-3-4-12-26(21)15-14-25-13-5-8-20(25)22-24-19-7-2-1-6-18(19)23(29)27(22)16-17-10-11-17/h1-2,6-7,17,20H,3-5,8-16H2. The summed E-state index contributed by atoms with van der Waals surface area (Å²) in [6.07, 6.45) is 7.40. The molecular weight excluding hydrogens is 364 g/mol. The number of nitrogens with zero attached hydrogens (tertiary/aromatic N) is 4. The highest BCUT2D eigenvalue weighted by molar-refractivity contribution is 5.77. The number of amides is 1. The minimum Gasteiger partial charge on any atom is -0.341 e. The Morgan fingerprint density at radius 3 is 2.66 bits per heavy atom. The van der Waals surface area contributed by atoms with Crippen LogP contribution in [0.3, 0.4) is 0 Å². The first-order valence-corrected chi connectivity index (χ1v) is 11.2. The molecule has 154 valence electrons. The average Bonchev–Trinajstić information content (AvgIpc) is 3.44. The molecule has 1 atom stereocenters. The molecule has 1 aliphatic carbocycles. The van der Waals surface area contributed by atoms with E-state index >= 15 is 0 Å². The van der Waals surface area contributed by atoms with Crippen molar-refractivity contribution in [2.24, 2.45) is 5.92 Å². The van der Waals surface area contributed by atoms with Gasteiger partial charge in [-0.1, -0.05) is 12.1 Å². The molecule has 2 aromatic rings. The molecule has 29 heavy (non-hydrogen) atoms. The van der Waals surface area contributed by atoms with Gasteiger partial charge in [-0.15, -0.1) is 0 Å². The van der Waals surface area contributed by atoms with Gasteiger partial charge in [-0.25, -0.2) is 4.98 Å². The smallest absolute Gasteiger partial charge is 0.261 e. The number of hydrogen-bond acceptors (Lipinski definition) is 4. The van der Waals surface area contributed by atoms with E-state index < -0.39 is 0 Å². The van der Waals surface area contributed by atoms with Crippen LogP contribution in [-0.2, 0) is 11.3 Å². The van der Waals surface area contributed by atoms with E-state index in [4.69, 9.17) is 4.98 Å². The normalized spacial score (nSPS) is 23.2. The number of piperidine rings is 1. The second kappa shape index (κ2) is 7.90. The topological polar surface area (TPSA) is 58.4 Å². The van der Waals surface area contributed by atoms with Crippen LogP contribution in [0.15, 0.2) is 29.1 Å². The molecule has 0 spiro atoms. The number of rotatable bonds is 6. The Bertz CT molecular complexity index is 965. The fraction of sp³-hybridized carbons (Fsp3) is 0.609. The molecule has 2 aliphatic heterocycles. The molecule has 1 saturated carbocycles. The maximum atomic E-state index is 13.3. The van der Waals surface area contributed by atoms with E-state index in [1.165, 1.54) is 12.8 Å². The van der Waals surface area contributed by atoms with Crippen molar-refractivity contribution in [2.75, 3.05) is 26.2 Å². The number of carbonyl (C=O) groups is 1. The van der Waals surface area contributed by atoms with Crippen molar-refractivity contribution in [1.82, 2.24) is 19.4 Å². The van der Waals surface area contributed by atoms with Gasteiger partial charge in [0, 0.05) is 32.6 Å². The monoisotopic (exact) mass is 394 g/mol. The third-order valence-corrected chi connectivity index (χ3v) is 6.77. The van der Waals surface area contributed by atoms with Gasteiger partial charge in [0.15, 0.2) is 0 Å². The van der Waals surface area contributed by atoms with Crippen LogP contribution in [0.4, 0.5) is 0 Å². The minimum absolute atomic E-state index is 0.107. The highest BCUT2D eigenvalue weighted by Gasteiger charge is 2.33. The first kappa shape index (κ1) is 18.8. The predicted octanol–water partition coefficient (Wildman–Crippen LogP) is 2.96. The molecule has 1 aromatic carbocycles. The van der Waals surface area contributed by atoms with E-state index in [0.29, 0.717) is 18.2 Å². The summed E-state index contributed by atoms with van der Waals surface area (Å²) in [5.41, 5.74) is 0.910. The van der Waals surface area contributed by atoms with Crippen LogP contribution in [0.2, 0.25) is 0 Å². The zero-order valence-electron chi connectivity index (χ0n) is 17.1. The van der Waals surface area contributed by atoms with Gasteiger partial charge in [0.1, 0.15) is 5.82 Å². The predicted molar refractivity (Wildman–Crippen MR) is 113 cm³/mol. The first-order chi connectivity index (χ1) is 14.2. The lowest BCUT2D eigenvalue weighted by Gasteiger charge is -2.31. The lowest BCUT2D eigenvalue weighted by atomic mass is 10.1. The molecular formula is C23H30N4O2. The summed E-state index contributed by atoms with van der Waals surface area (Å²) < 4.78 is 1.97. The summed E-state index contributed by atoms with van der Waals surface area (Å²) in [5.74, 6) is 1.85. The van der Waals surface area contributed by atoms with Crippen LogP contribution in [0.25, 0.3) is 10.9 Å². The van der Waals surface area contributed by atoms with E-state index in [9.17, 15) is 9.59 Å². The molecule has 0 N–H and O–H groups in total. The summed E-state index contributed by atoms with van der Waals surface area (Å²) >= 11 is 0. The molecule has 3 fully saturated rings. The van der Waals surface area contributed by atoms with Gasteiger partial charge < -0.3 is 4.90 Å². The summed E-state index contributed by atoms with van der Waals surface area (Å²) in [7, 11) is 0. The third kappa shape index (κ3) is 3.82. The fourth-order valence-corrected chi connectivity index (χ4v) is 4.91. The largest absolute Gasteiger partial charge is 0.341 e. The summed E-state index contributed by atoms with van der Waals surface area (Å²) in [6, 6.07) is 7.90. The van der Waals surface area contributed by atoms with E-state index in [2.05, 4.69) is 4.90 Å². The lowest BCUT2D eigenvalue weighted by Crippen LogP contribution is -2.41. The fourth-order valence-electron chi connectivity index (χ4n) is 4.91. The van der Waals surface area contributed by atoms with Crippen molar-refractivity contribution in [3.8, 4) is 0 Å². The number of hydrogen-bond donors (Lipinski definition) is 0. The van der Waals surface area contributed by atoms with E-state index in [-0.39, 0.29) is 11.6 Å². The van der Waals surface area contributed by atoms with Crippen molar-refractivity contribution in [3.63, 3.8) is 0 Å².